The Kier molecular flexibility index (Phi) is 7.48. The van der Waals surface area contributed by atoms with Crippen LogP contribution in [0.1, 0.15) is 13.8 Å². The molecule has 0 N–H and O–H groups in total. The van der Waals surface area contributed by atoms with Gasteiger partial charge in [0.05, 0.1) is 26.5 Å². The molecule has 0 aliphatic carbocycles. The first-order valence-electron chi connectivity index (χ1n) is 9.10. The van der Waals surface area contributed by atoms with Crippen LogP contribution in [0.25, 0.3) is 0 Å². The van der Waals surface area contributed by atoms with Crippen molar-refractivity contribution < 1.29 is 28.6 Å². The molecule has 2 rings (SSSR count). The van der Waals surface area contributed by atoms with E-state index < -0.39 is 0 Å². The molecule has 1 fully saturated rings. The highest BCUT2D eigenvalue weighted by Gasteiger charge is 2.27. The van der Waals surface area contributed by atoms with Gasteiger partial charge in [0.15, 0.2) is 0 Å². The van der Waals surface area contributed by atoms with E-state index in [1.165, 1.54) is 26.0 Å². The van der Waals surface area contributed by atoms with Gasteiger partial charge in [-0.25, -0.2) is 4.79 Å². The van der Waals surface area contributed by atoms with E-state index in [0.717, 1.165) is 0 Å². The Morgan fingerprint density at radius 3 is 2.21 bits per heavy atom. The maximum atomic E-state index is 12.7. The third kappa shape index (κ3) is 5.05. The number of carbonyl (C=O) groups is 3. The maximum absolute atomic E-state index is 12.7. The van der Waals surface area contributed by atoms with Crippen LogP contribution in [0.4, 0.5) is 10.5 Å². The molecule has 1 aromatic carbocycles. The molecule has 9 heteroatoms. The van der Waals surface area contributed by atoms with Gasteiger partial charge in [-0.15, -0.1) is 0 Å². The van der Waals surface area contributed by atoms with Gasteiger partial charge in [-0.2, -0.15) is 0 Å². The van der Waals surface area contributed by atoms with Crippen molar-refractivity contribution in [1.29, 1.82) is 0 Å². The van der Waals surface area contributed by atoms with E-state index in [9.17, 15) is 14.4 Å². The second-order valence-corrected chi connectivity index (χ2v) is 6.21. The van der Waals surface area contributed by atoms with E-state index in [0.29, 0.717) is 50.0 Å². The van der Waals surface area contributed by atoms with Gasteiger partial charge in [0.25, 0.3) is 0 Å². The number of rotatable bonds is 6. The molecule has 0 atom stereocenters. The van der Waals surface area contributed by atoms with Crippen molar-refractivity contribution in [2.75, 3.05) is 58.5 Å². The van der Waals surface area contributed by atoms with Crippen LogP contribution < -0.4 is 14.4 Å². The van der Waals surface area contributed by atoms with Crippen molar-refractivity contribution in [1.82, 2.24) is 9.80 Å². The van der Waals surface area contributed by atoms with Gasteiger partial charge < -0.3 is 24.0 Å². The Bertz CT molecular complexity index is 716. The second-order valence-electron chi connectivity index (χ2n) is 6.21. The van der Waals surface area contributed by atoms with E-state index in [1.807, 2.05) is 0 Å². The topological polar surface area (TPSA) is 88.6 Å². The number of nitrogens with zero attached hydrogens (tertiary/aromatic N) is 3. The molecule has 1 saturated heterocycles. The normalized spacial score (nSPS) is 13.7. The molecule has 3 amide bonds. The zero-order valence-corrected chi connectivity index (χ0v) is 16.8. The van der Waals surface area contributed by atoms with Crippen LogP contribution in [0.5, 0.6) is 11.5 Å². The number of hydrogen-bond donors (Lipinski definition) is 0. The quantitative estimate of drug-likeness (QED) is 0.725. The van der Waals surface area contributed by atoms with Crippen LogP contribution in [-0.4, -0.2) is 81.3 Å². The molecule has 1 aliphatic heterocycles. The first-order valence-corrected chi connectivity index (χ1v) is 9.10. The minimum Gasteiger partial charge on any atom is -0.497 e. The van der Waals surface area contributed by atoms with Crippen molar-refractivity contribution in [2.24, 2.45) is 0 Å². The Hall–Kier alpha value is -2.97. The predicted molar refractivity (Wildman–Crippen MR) is 103 cm³/mol. The Morgan fingerprint density at radius 1 is 1.04 bits per heavy atom. The maximum Gasteiger partial charge on any atom is 0.409 e. The number of ether oxygens (including phenoxy) is 3. The van der Waals surface area contributed by atoms with E-state index in [1.54, 1.807) is 34.9 Å². The van der Waals surface area contributed by atoms with Crippen LogP contribution in [-0.2, 0) is 14.3 Å². The highest BCUT2D eigenvalue weighted by Crippen LogP contribution is 2.32. The monoisotopic (exact) mass is 393 g/mol. The van der Waals surface area contributed by atoms with Gasteiger partial charge in [0.2, 0.25) is 11.8 Å². The highest BCUT2D eigenvalue weighted by atomic mass is 16.6. The number of amides is 3. The molecule has 9 nitrogen and oxygen atoms in total. The fraction of sp³-hybridized carbons (Fsp3) is 0.526. The van der Waals surface area contributed by atoms with Crippen LogP contribution in [0.3, 0.4) is 0 Å². The van der Waals surface area contributed by atoms with Crippen molar-refractivity contribution >= 4 is 23.6 Å². The summed E-state index contributed by atoms with van der Waals surface area (Å²) in [5.74, 6) is 0.554. The molecule has 0 bridgehead atoms. The molecule has 0 saturated carbocycles. The fourth-order valence-electron chi connectivity index (χ4n) is 2.96. The molecule has 1 aromatic rings. The summed E-state index contributed by atoms with van der Waals surface area (Å²) in [5.41, 5.74) is 0.495. The number of carbonyl (C=O) groups excluding carboxylic acids is 3. The molecule has 1 aliphatic rings. The first-order chi connectivity index (χ1) is 13.4. The predicted octanol–water partition coefficient (Wildman–Crippen LogP) is 1.36. The zero-order chi connectivity index (χ0) is 20.7. The molecule has 0 unspecified atom stereocenters. The van der Waals surface area contributed by atoms with Gasteiger partial charge in [0, 0.05) is 39.2 Å². The summed E-state index contributed by atoms with van der Waals surface area (Å²) in [6.45, 7) is 4.93. The summed E-state index contributed by atoms with van der Waals surface area (Å²) in [6, 6.07) is 5.05. The summed E-state index contributed by atoms with van der Waals surface area (Å²) in [7, 11) is 3.03. The Balaban J connectivity index is 2.06. The molecule has 154 valence electrons. The lowest BCUT2D eigenvalue weighted by Gasteiger charge is -2.35. The summed E-state index contributed by atoms with van der Waals surface area (Å²) in [5, 5.41) is 0. The third-order valence-corrected chi connectivity index (χ3v) is 4.51. The van der Waals surface area contributed by atoms with E-state index in [4.69, 9.17) is 14.2 Å². The van der Waals surface area contributed by atoms with E-state index >= 15 is 0 Å². The molecule has 0 aromatic heterocycles. The van der Waals surface area contributed by atoms with Gasteiger partial charge in [0.1, 0.15) is 18.0 Å². The lowest BCUT2D eigenvalue weighted by Crippen LogP contribution is -2.53. The summed E-state index contributed by atoms with van der Waals surface area (Å²) in [6.07, 6.45) is -0.372. The average Bonchev–Trinajstić information content (AvgIpc) is 2.71. The van der Waals surface area contributed by atoms with Gasteiger partial charge in [-0.3, -0.25) is 14.5 Å². The number of hydrogen-bond acceptors (Lipinski definition) is 6. The zero-order valence-electron chi connectivity index (χ0n) is 16.8. The lowest BCUT2D eigenvalue weighted by molar-refractivity contribution is -0.132. The van der Waals surface area contributed by atoms with Crippen molar-refractivity contribution in [3.8, 4) is 11.5 Å². The first kappa shape index (κ1) is 21.3. The molecular formula is C19H27N3O6. The van der Waals surface area contributed by atoms with Crippen LogP contribution in [0.15, 0.2) is 18.2 Å². The standard InChI is InChI=1S/C19H27N3O6/c1-5-28-19(25)21-10-8-20(9-11-21)18(24)13-22(14(2)23)16-7-6-15(26-3)12-17(16)27-4/h6-7,12H,5,8-11,13H2,1-4H3. The van der Waals surface area contributed by atoms with E-state index in [2.05, 4.69) is 0 Å². The Labute approximate surface area is 164 Å². The molecule has 1 heterocycles. The highest BCUT2D eigenvalue weighted by molar-refractivity contribution is 5.98. The summed E-state index contributed by atoms with van der Waals surface area (Å²) >= 11 is 0. The smallest absolute Gasteiger partial charge is 0.409 e. The summed E-state index contributed by atoms with van der Waals surface area (Å²) in [4.78, 5) is 41.3. The Morgan fingerprint density at radius 2 is 1.68 bits per heavy atom. The molecule has 0 spiro atoms. The van der Waals surface area contributed by atoms with Crippen molar-refractivity contribution in [2.45, 2.75) is 13.8 Å². The number of piperazine rings is 1. The SMILES string of the molecule is CCOC(=O)N1CCN(C(=O)CN(C(C)=O)c2ccc(OC)cc2OC)CC1. The number of anilines is 1. The molecule has 28 heavy (non-hydrogen) atoms. The largest absolute Gasteiger partial charge is 0.497 e. The van der Waals surface area contributed by atoms with E-state index in [-0.39, 0.29) is 24.5 Å². The molecule has 0 radical (unpaired) electrons. The van der Waals surface area contributed by atoms with Crippen molar-refractivity contribution in [3.63, 3.8) is 0 Å². The van der Waals surface area contributed by atoms with Crippen LogP contribution >= 0.6 is 0 Å². The second kappa shape index (κ2) is 9.82. The van der Waals surface area contributed by atoms with Crippen LogP contribution in [0, 0.1) is 0 Å². The summed E-state index contributed by atoms with van der Waals surface area (Å²) < 4.78 is 15.5. The number of methoxy groups -OCH3 is 2. The average molecular weight is 393 g/mol. The lowest BCUT2D eigenvalue weighted by atomic mass is 10.2. The minimum absolute atomic E-state index is 0.114. The van der Waals surface area contributed by atoms with Gasteiger partial charge >= 0.3 is 6.09 Å². The minimum atomic E-state index is -0.372. The van der Waals surface area contributed by atoms with Gasteiger partial charge in [-0.1, -0.05) is 0 Å². The molecular weight excluding hydrogens is 366 g/mol. The van der Waals surface area contributed by atoms with Crippen molar-refractivity contribution in [3.05, 3.63) is 18.2 Å². The number of benzene rings is 1. The fourth-order valence-corrected chi connectivity index (χ4v) is 2.96. The third-order valence-electron chi connectivity index (χ3n) is 4.51. The van der Waals surface area contributed by atoms with Gasteiger partial charge in [-0.05, 0) is 19.1 Å². The van der Waals surface area contributed by atoms with Crippen LogP contribution in [0.2, 0.25) is 0 Å².